The summed E-state index contributed by atoms with van der Waals surface area (Å²) in [5, 5.41) is 3.25. The van der Waals surface area contributed by atoms with Crippen LogP contribution in [-0.2, 0) is 0 Å². The van der Waals surface area contributed by atoms with Gasteiger partial charge in [0.2, 0.25) is 0 Å². The quantitative estimate of drug-likeness (QED) is 0.883. The maximum Gasteiger partial charge on any atom is 0.145 e. The van der Waals surface area contributed by atoms with E-state index in [0.29, 0.717) is 16.0 Å². The number of pyridine rings is 1. The number of benzene rings is 1. The lowest BCUT2D eigenvalue weighted by Crippen LogP contribution is -2.02. The monoisotopic (exact) mass is 338 g/mol. The number of hydrogen-bond donors (Lipinski definition) is 1. The molecule has 1 N–H and O–H groups in total. The molecule has 0 spiro atoms. The van der Waals surface area contributed by atoms with Gasteiger partial charge in [0.05, 0.1) is 17.3 Å². The topological polar surface area (TPSA) is 34.1 Å². The molecular formula is C15H16BrFN2O. The van der Waals surface area contributed by atoms with Crippen LogP contribution < -0.4 is 10.1 Å². The molecule has 0 aliphatic heterocycles. The molecule has 0 radical (unpaired) electrons. The molecule has 0 unspecified atom stereocenters. The smallest absolute Gasteiger partial charge is 0.145 e. The first-order valence-electron chi connectivity index (χ1n) is 6.18. The summed E-state index contributed by atoms with van der Waals surface area (Å²) in [5.41, 5.74) is 3.33. The maximum atomic E-state index is 13.4. The molecule has 0 fully saturated rings. The number of nitrogens with zero attached hydrogens (tertiary/aromatic N) is 1. The Morgan fingerprint density at radius 3 is 2.60 bits per heavy atom. The molecule has 0 atom stereocenters. The second kappa shape index (κ2) is 5.79. The van der Waals surface area contributed by atoms with E-state index in [1.165, 1.54) is 6.07 Å². The van der Waals surface area contributed by atoms with Crippen molar-refractivity contribution in [2.75, 3.05) is 12.4 Å². The number of aryl methyl sites for hydroxylation is 2. The molecule has 1 aromatic carbocycles. The van der Waals surface area contributed by atoms with E-state index < -0.39 is 0 Å². The Morgan fingerprint density at radius 1 is 1.25 bits per heavy atom. The number of ether oxygens (including phenoxy) is 1. The lowest BCUT2D eigenvalue weighted by atomic mass is 10.1. The van der Waals surface area contributed by atoms with Crippen LogP contribution >= 0.6 is 15.9 Å². The largest absolute Gasteiger partial charge is 0.496 e. The Labute approximate surface area is 126 Å². The van der Waals surface area contributed by atoms with Gasteiger partial charge in [0.15, 0.2) is 0 Å². The van der Waals surface area contributed by atoms with Gasteiger partial charge in [-0.3, -0.25) is 0 Å². The van der Waals surface area contributed by atoms with Crippen molar-refractivity contribution in [2.45, 2.75) is 20.8 Å². The van der Waals surface area contributed by atoms with Gasteiger partial charge in [-0.1, -0.05) is 6.07 Å². The SMILES string of the molecule is COc1ccc(C)c(Nc2nc(C)c(F)cc2Br)c1C. The molecule has 0 aliphatic rings. The number of rotatable bonds is 3. The zero-order valence-electron chi connectivity index (χ0n) is 11.8. The third kappa shape index (κ3) is 2.77. The molecule has 1 heterocycles. The number of aromatic nitrogens is 1. The van der Waals surface area contributed by atoms with E-state index in [1.807, 2.05) is 26.0 Å². The van der Waals surface area contributed by atoms with Crippen LogP contribution in [0.3, 0.4) is 0 Å². The number of methoxy groups -OCH3 is 1. The fourth-order valence-electron chi connectivity index (χ4n) is 2.01. The highest BCUT2D eigenvalue weighted by atomic mass is 79.9. The van der Waals surface area contributed by atoms with E-state index in [4.69, 9.17) is 4.74 Å². The first-order valence-corrected chi connectivity index (χ1v) is 6.97. The Bertz CT molecular complexity index is 659. The summed E-state index contributed by atoms with van der Waals surface area (Å²) >= 11 is 3.33. The fraction of sp³-hybridized carbons (Fsp3) is 0.267. The van der Waals surface area contributed by atoms with Crippen molar-refractivity contribution in [3.05, 3.63) is 45.3 Å². The lowest BCUT2D eigenvalue weighted by Gasteiger charge is -2.16. The van der Waals surface area contributed by atoms with E-state index in [-0.39, 0.29) is 5.82 Å². The molecule has 0 bridgehead atoms. The Hall–Kier alpha value is -1.62. The van der Waals surface area contributed by atoms with Gasteiger partial charge in [-0.25, -0.2) is 9.37 Å². The highest BCUT2D eigenvalue weighted by molar-refractivity contribution is 9.10. The summed E-state index contributed by atoms with van der Waals surface area (Å²) in [5.74, 6) is 1.05. The van der Waals surface area contributed by atoms with E-state index >= 15 is 0 Å². The van der Waals surface area contributed by atoms with Crippen LogP contribution in [0.2, 0.25) is 0 Å². The van der Waals surface area contributed by atoms with Crippen LogP contribution in [0.4, 0.5) is 15.9 Å². The zero-order valence-corrected chi connectivity index (χ0v) is 13.4. The molecule has 3 nitrogen and oxygen atoms in total. The molecule has 0 aliphatic carbocycles. The van der Waals surface area contributed by atoms with Crippen molar-refractivity contribution in [2.24, 2.45) is 0 Å². The molecule has 1 aromatic heterocycles. The van der Waals surface area contributed by atoms with Crippen LogP contribution in [-0.4, -0.2) is 12.1 Å². The third-order valence-corrected chi connectivity index (χ3v) is 3.80. The predicted octanol–water partition coefficient (Wildman–Crippen LogP) is 4.66. The number of hydrogen-bond acceptors (Lipinski definition) is 3. The minimum absolute atomic E-state index is 0.332. The van der Waals surface area contributed by atoms with Crippen LogP contribution in [0, 0.1) is 26.6 Å². The molecule has 0 saturated carbocycles. The van der Waals surface area contributed by atoms with Gasteiger partial charge >= 0.3 is 0 Å². The molecule has 20 heavy (non-hydrogen) atoms. The number of halogens is 2. The summed E-state index contributed by atoms with van der Waals surface area (Å²) < 4.78 is 19.3. The Balaban J connectivity index is 2.47. The van der Waals surface area contributed by atoms with Gasteiger partial charge < -0.3 is 10.1 Å². The molecule has 5 heteroatoms. The van der Waals surface area contributed by atoms with Crippen LogP contribution in [0.15, 0.2) is 22.7 Å². The van der Waals surface area contributed by atoms with Gasteiger partial charge in [0, 0.05) is 11.3 Å². The van der Waals surface area contributed by atoms with Crippen molar-refractivity contribution in [1.29, 1.82) is 0 Å². The predicted molar refractivity (Wildman–Crippen MR) is 82.4 cm³/mol. The highest BCUT2D eigenvalue weighted by Gasteiger charge is 2.12. The Kier molecular flexibility index (Phi) is 4.28. The van der Waals surface area contributed by atoms with Crippen LogP contribution in [0.1, 0.15) is 16.8 Å². The normalized spacial score (nSPS) is 10.5. The average Bonchev–Trinajstić information content (AvgIpc) is 2.40. The van der Waals surface area contributed by atoms with E-state index in [9.17, 15) is 4.39 Å². The molecule has 2 rings (SSSR count). The summed E-state index contributed by atoms with van der Waals surface area (Å²) in [6.45, 7) is 5.61. The van der Waals surface area contributed by atoms with Gasteiger partial charge in [-0.05, 0) is 54.4 Å². The summed E-state index contributed by atoms with van der Waals surface area (Å²) in [4.78, 5) is 4.23. The molecule has 0 saturated heterocycles. The van der Waals surface area contributed by atoms with Gasteiger partial charge in [0.25, 0.3) is 0 Å². The van der Waals surface area contributed by atoms with E-state index in [2.05, 4.69) is 26.2 Å². The van der Waals surface area contributed by atoms with Crippen molar-refractivity contribution in [3.8, 4) is 5.75 Å². The van der Waals surface area contributed by atoms with Gasteiger partial charge in [-0.15, -0.1) is 0 Å². The first-order chi connectivity index (χ1) is 9.43. The highest BCUT2D eigenvalue weighted by Crippen LogP contribution is 2.33. The second-order valence-electron chi connectivity index (χ2n) is 4.60. The molecule has 2 aromatic rings. The Morgan fingerprint density at radius 2 is 1.95 bits per heavy atom. The van der Waals surface area contributed by atoms with Crippen LogP contribution in [0.5, 0.6) is 5.75 Å². The average molecular weight is 339 g/mol. The summed E-state index contributed by atoms with van der Waals surface area (Å²) in [6, 6.07) is 5.31. The van der Waals surface area contributed by atoms with Crippen molar-refractivity contribution in [3.63, 3.8) is 0 Å². The van der Waals surface area contributed by atoms with E-state index in [0.717, 1.165) is 22.6 Å². The first kappa shape index (κ1) is 14.8. The van der Waals surface area contributed by atoms with Crippen molar-refractivity contribution >= 4 is 27.4 Å². The van der Waals surface area contributed by atoms with Crippen molar-refractivity contribution in [1.82, 2.24) is 4.98 Å². The fourth-order valence-corrected chi connectivity index (χ4v) is 2.39. The lowest BCUT2D eigenvalue weighted by molar-refractivity contribution is 0.412. The number of anilines is 2. The third-order valence-electron chi connectivity index (χ3n) is 3.19. The molecule has 0 amide bonds. The summed E-state index contributed by atoms with van der Waals surface area (Å²) in [6.07, 6.45) is 0. The van der Waals surface area contributed by atoms with Gasteiger partial charge in [0.1, 0.15) is 17.4 Å². The summed E-state index contributed by atoms with van der Waals surface area (Å²) in [7, 11) is 1.64. The molecular weight excluding hydrogens is 323 g/mol. The van der Waals surface area contributed by atoms with E-state index in [1.54, 1.807) is 14.0 Å². The van der Waals surface area contributed by atoms with Gasteiger partial charge in [-0.2, -0.15) is 0 Å². The standard InChI is InChI=1S/C15H16BrFN2O/c1-8-5-6-13(20-4)9(2)14(8)19-15-11(16)7-12(17)10(3)18-15/h5-7H,1-4H3,(H,18,19). The zero-order chi connectivity index (χ0) is 14.9. The second-order valence-corrected chi connectivity index (χ2v) is 5.45. The molecule has 106 valence electrons. The maximum absolute atomic E-state index is 13.4. The number of nitrogens with one attached hydrogen (secondary N) is 1. The van der Waals surface area contributed by atoms with Crippen LogP contribution in [0.25, 0.3) is 0 Å². The minimum Gasteiger partial charge on any atom is -0.496 e. The minimum atomic E-state index is -0.332. The van der Waals surface area contributed by atoms with Crippen molar-refractivity contribution < 1.29 is 9.13 Å².